The van der Waals surface area contributed by atoms with E-state index in [9.17, 15) is 93.0 Å². The van der Waals surface area contributed by atoms with Gasteiger partial charge in [-0.05, 0) is 0 Å². The number of carbonyl (C=O) groups is 1. The van der Waals surface area contributed by atoms with Gasteiger partial charge in [0.2, 0.25) is 0 Å². The molecule has 0 unspecified atom stereocenters. The molecule has 0 saturated heterocycles. The minimum atomic E-state index is -8.95. The molecule has 0 spiro atoms. The standard InChI is InChI=1S/C11H6F17NO4S.K/c1-29(2-3(30)31)34(32,33)11(27,28)9(22,23)7(18,19)5(14,15)4(12,13)6(16,17)8(20,21)10(24,25)26;/h2H2,1H3,(H,30,31);/q;+1/p-1. The van der Waals surface area contributed by atoms with Gasteiger partial charge in [0.25, 0.3) is 10.0 Å². The number of carboxylic acids is 1. The molecule has 0 fully saturated rings. The summed E-state index contributed by atoms with van der Waals surface area (Å²) >= 11 is 0. The molecule has 5 nitrogen and oxygen atoms in total. The van der Waals surface area contributed by atoms with Crippen LogP contribution in [0.15, 0.2) is 0 Å². The van der Waals surface area contributed by atoms with E-state index in [0.29, 0.717) is 0 Å². The van der Waals surface area contributed by atoms with E-state index in [4.69, 9.17) is 0 Å². The monoisotopic (exact) mass is 609 g/mol. The molecule has 0 aromatic carbocycles. The number of likely N-dealkylation sites (N-methyl/N-ethyl adjacent to an activating group) is 1. The molecule has 0 aromatic rings. The van der Waals surface area contributed by atoms with Crippen molar-refractivity contribution in [1.29, 1.82) is 0 Å². The van der Waals surface area contributed by atoms with Crippen molar-refractivity contribution >= 4 is 16.0 Å². The van der Waals surface area contributed by atoms with Gasteiger partial charge in [-0.15, -0.1) is 0 Å². The second kappa shape index (κ2) is 9.85. The Labute approximate surface area is 224 Å². The first-order valence-electron chi connectivity index (χ1n) is 7.21. The zero-order chi connectivity index (χ0) is 28.4. The zero-order valence-electron chi connectivity index (χ0n) is 16.1. The van der Waals surface area contributed by atoms with Gasteiger partial charge in [0.1, 0.15) is 0 Å². The molecule has 0 saturated carbocycles. The summed E-state index contributed by atoms with van der Waals surface area (Å²) < 4.78 is 243. The Morgan fingerprint density at radius 3 is 1.14 bits per heavy atom. The summed E-state index contributed by atoms with van der Waals surface area (Å²) in [6.45, 7) is -2.40. The third-order valence-corrected chi connectivity index (χ3v) is 5.63. The molecule has 0 aliphatic carbocycles. The molecule has 0 aliphatic rings. The topological polar surface area (TPSA) is 77.5 Å². The number of aliphatic carboxylic acids is 1. The van der Waals surface area contributed by atoms with Gasteiger partial charge in [0, 0.05) is 7.05 Å². The van der Waals surface area contributed by atoms with Crippen molar-refractivity contribution in [3.05, 3.63) is 0 Å². The van der Waals surface area contributed by atoms with Crippen LogP contribution in [0.5, 0.6) is 0 Å². The summed E-state index contributed by atoms with van der Waals surface area (Å²) in [4.78, 5) is 10.1. The van der Waals surface area contributed by atoms with Crippen molar-refractivity contribution in [3.8, 4) is 0 Å². The molecule has 24 heteroatoms. The molecule has 0 aromatic heterocycles. The maximum atomic E-state index is 13.6. The first kappa shape index (κ1) is 37.0. The van der Waals surface area contributed by atoms with E-state index in [1.54, 1.807) is 0 Å². The number of carbonyl (C=O) groups excluding carboxylic acids is 1. The zero-order valence-corrected chi connectivity index (χ0v) is 20.1. The molecule has 0 atom stereocenters. The second-order valence-electron chi connectivity index (χ2n) is 6.09. The summed E-state index contributed by atoms with van der Waals surface area (Å²) in [5, 5.41) is 2.35. The molecule has 0 heterocycles. The van der Waals surface area contributed by atoms with E-state index in [1.807, 2.05) is 0 Å². The van der Waals surface area contributed by atoms with Crippen molar-refractivity contribution in [3.63, 3.8) is 0 Å². The van der Waals surface area contributed by atoms with E-state index in [-0.39, 0.29) is 51.4 Å². The first-order valence-corrected chi connectivity index (χ1v) is 8.65. The van der Waals surface area contributed by atoms with E-state index < -0.39 is 80.9 Å². The van der Waals surface area contributed by atoms with E-state index in [0.717, 1.165) is 0 Å². The number of nitrogens with zero attached hydrogens (tertiary/aromatic N) is 1. The molecule has 0 N–H and O–H groups in total. The molecular formula is C11H5F17KNO4S. The van der Waals surface area contributed by atoms with Crippen molar-refractivity contribution in [2.24, 2.45) is 0 Å². The van der Waals surface area contributed by atoms with Crippen LogP contribution in [-0.2, 0) is 14.8 Å². The van der Waals surface area contributed by atoms with Crippen LogP contribution in [0.3, 0.4) is 0 Å². The molecule has 0 radical (unpaired) electrons. The quantitative estimate of drug-likeness (QED) is 0.258. The fourth-order valence-corrected chi connectivity index (χ4v) is 2.89. The predicted molar refractivity (Wildman–Crippen MR) is 67.2 cm³/mol. The molecule has 0 bridgehead atoms. The van der Waals surface area contributed by atoms with Gasteiger partial charge < -0.3 is 9.90 Å². The van der Waals surface area contributed by atoms with Gasteiger partial charge in [-0.2, -0.15) is 78.9 Å². The maximum Gasteiger partial charge on any atom is 1.00 e. The summed E-state index contributed by atoms with van der Waals surface area (Å²) in [5.74, 6) is -55.0. The Kier molecular flexibility index (Phi) is 10.4. The SMILES string of the molecule is CN(CC(=O)[O-])S(=O)(=O)C(F)(F)C(F)(F)C(F)(F)C(F)(F)C(F)(F)C(F)(F)C(F)(F)C(F)(F)F.[K+]. The summed E-state index contributed by atoms with van der Waals surface area (Å²) in [7, 11) is -8.03. The van der Waals surface area contributed by atoms with Crippen molar-refractivity contribution in [2.45, 2.75) is 47.0 Å². The van der Waals surface area contributed by atoms with Crippen LogP contribution in [0.25, 0.3) is 0 Å². The minimum Gasteiger partial charge on any atom is -0.549 e. The van der Waals surface area contributed by atoms with Crippen LogP contribution >= 0.6 is 0 Å². The third-order valence-electron chi connectivity index (χ3n) is 3.78. The molecular weight excluding hydrogens is 604 g/mol. The third kappa shape index (κ3) is 5.12. The predicted octanol–water partition coefficient (Wildman–Crippen LogP) is -0.0312. The number of rotatable bonds is 10. The Hall–Kier alpha value is -0.174. The molecule has 35 heavy (non-hydrogen) atoms. The average Bonchev–Trinajstić information content (AvgIpc) is 2.58. The molecule has 0 rings (SSSR count). The largest absolute Gasteiger partial charge is 1.00 e. The number of alkyl halides is 17. The van der Waals surface area contributed by atoms with Gasteiger partial charge in [0.15, 0.2) is 0 Å². The van der Waals surface area contributed by atoms with Crippen LogP contribution in [0.2, 0.25) is 0 Å². The summed E-state index contributed by atoms with van der Waals surface area (Å²) in [6.07, 6.45) is -7.92. The van der Waals surface area contributed by atoms with Crippen LogP contribution < -0.4 is 56.5 Å². The molecule has 0 amide bonds. The molecule has 204 valence electrons. The molecule has 0 aliphatic heterocycles. The van der Waals surface area contributed by atoms with Crippen LogP contribution in [0.4, 0.5) is 74.6 Å². The Bertz CT molecular complexity index is 900. The first-order chi connectivity index (χ1) is 14.3. The Balaban J connectivity index is 0. The van der Waals surface area contributed by atoms with Gasteiger partial charge >= 0.3 is 98.4 Å². The smallest absolute Gasteiger partial charge is 0.549 e. The van der Waals surface area contributed by atoms with Gasteiger partial charge in [-0.1, -0.05) is 0 Å². The van der Waals surface area contributed by atoms with Gasteiger partial charge in [-0.3, -0.25) is 0 Å². The van der Waals surface area contributed by atoms with Crippen LogP contribution in [0.1, 0.15) is 0 Å². The average molecular weight is 609 g/mol. The van der Waals surface area contributed by atoms with Gasteiger partial charge in [0.05, 0.1) is 12.5 Å². The summed E-state index contributed by atoms with van der Waals surface area (Å²) in [5.41, 5.74) is 0. The number of hydrogen-bond acceptors (Lipinski definition) is 4. The van der Waals surface area contributed by atoms with Crippen molar-refractivity contribution in [2.75, 3.05) is 13.6 Å². The van der Waals surface area contributed by atoms with Gasteiger partial charge in [-0.25, -0.2) is 8.42 Å². The minimum absolute atomic E-state index is 0. The number of halogens is 17. The number of hydrogen-bond donors (Lipinski definition) is 0. The van der Waals surface area contributed by atoms with Crippen molar-refractivity contribution in [1.82, 2.24) is 4.31 Å². The number of carboxylic acid groups (broad SMARTS) is 1. The Morgan fingerprint density at radius 1 is 0.629 bits per heavy atom. The van der Waals surface area contributed by atoms with Crippen LogP contribution in [-0.4, -0.2) is 79.3 Å². The Morgan fingerprint density at radius 2 is 0.886 bits per heavy atom. The van der Waals surface area contributed by atoms with Crippen molar-refractivity contribution < 1.29 is 144 Å². The van der Waals surface area contributed by atoms with Crippen LogP contribution in [0, 0.1) is 0 Å². The number of sulfonamides is 1. The maximum absolute atomic E-state index is 13.6. The normalized spacial score (nSPS) is 15.7. The fourth-order valence-electron chi connectivity index (χ4n) is 1.77. The van der Waals surface area contributed by atoms with E-state index in [1.165, 1.54) is 0 Å². The fraction of sp³-hybridized carbons (Fsp3) is 0.909. The second-order valence-corrected chi connectivity index (χ2v) is 8.18. The summed E-state index contributed by atoms with van der Waals surface area (Å²) in [6, 6.07) is 0. The van der Waals surface area contributed by atoms with E-state index in [2.05, 4.69) is 0 Å². The van der Waals surface area contributed by atoms with E-state index >= 15 is 0 Å².